The summed E-state index contributed by atoms with van der Waals surface area (Å²) in [5, 5.41) is 11.6. The molecule has 1 aliphatic heterocycles. The Labute approximate surface area is 211 Å². The maximum Gasteiger partial charge on any atom is 0.129 e. The smallest absolute Gasteiger partial charge is 0.129 e. The van der Waals surface area contributed by atoms with E-state index in [1.807, 2.05) is 13.3 Å². The van der Waals surface area contributed by atoms with Crippen LogP contribution < -0.4 is 5.32 Å². The van der Waals surface area contributed by atoms with Crippen LogP contribution in [0.5, 0.6) is 0 Å². The van der Waals surface area contributed by atoms with Gasteiger partial charge in [-0.15, -0.1) is 16.6 Å². The van der Waals surface area contributed by atoms with Gasteiger partial charge in [-0.2, -0.15) is 0 Å². The van der Waals surface area contributed by atoms with Crippen LogP contribution in [0.2, 0.25) is 0 Å². The van der Waals surface area contributed by atoms with Gasteiger partial charge in [0.15, 0.2) is 0 Å². The molecular weight excluding hydrogens is 448 g/mol. The molecule has 0 aromatic carbocycles. The molecule has 1 aliphatic carbocycles. The van der Waals surface area contributed by atoms with E-state index < -0.39 is 0 Å². The molecule has 1 aromatic heterocycles. The number of nitrogens with zero attached hydrogens (tertiary/aromatic N) is 3. The Morgan fingerprint density at radius 3 is 2.11 bits per heavy atom. The molecule has 3 atom stereocenters. The van der Waals surface area contributed by atoms with Gasteiger partial charge in [-0.25, -0.2) is 0 Å². The van der Waals surface area contributed by atoms with E-state index >= 15 is 0 Å². The van der Waals surface area contributed by atoms with E-state index in [4.69, 9.17) is 30.1 Å². The number of aromatic nitrogens is 3. The Morgan fingerprint density at radius 2 is 1.63 bits per heavy atom. The second-order valence-electron chi connectivity index (χ2n) is 9.23. The predicted octanol–water partition coefficient (Wildman–Crippen LogP) is 2.93. The molecule has 9 nitrogen and oxygen atoms in total. The minimum atomic E-state index is 0.335. The molecule has 1 N–H and O–H groups in total. The van der Waals surface area contributed by atoms with E-state index in [2.05, 4.69) is 39.8 Å². The lowest BCUT2D eigenvalue weighted by Gasteiger charge is -2.25. The SMILES string of the molecule is C#CCOCCOCCOCCOCCOC1CCC1.Cc1nncn1C(C)CC1CCC(C)N1. The zero-order valence-corrected chi connectivity index (χ0v) is 22.0. The van der Waals surface area contributed by atoms with Crippen LogP contribution in [-0.4, -0.2) is 92.4 Å². The van der Waals surface area contributed by atoms with E-state index in [9.17, 15) is 0 Å². The maximum absolute atomic E-state index is 5.57. The predicted molar refractivity (Wildman–Crippen MR) is 135 cm³/mol. The summed E-state index contributed by atoms with van der Waals surface area (Å²) in [4.78, 5) is 0. The second-order valence-corrected chi connectivity index (χ2v) is 9.23. The quantitative estimate of drug-likeness (QED) is 0.261. The molecule has 3 unspecified atom stereocenters. The summed E-state index contributed by atoms with van der Waals surface area (Å²) in [6, 6.07) is 1.84. The molecule has 0 radical (unpaired) electrons. The van der Waals surface area contributed by atoms with E-state index in [0.29, 0.717) is 83.7 Å². The zero-order chi connectivity index (χ0) is 25.1. The van der Waals surface area contributed by atoms with Crippen LogP contribution in [0, 0.1) is 19.3 Å². The molecule has 1 aromatic rings. The van der Waals surface area contributed by atoms with Crippen molar-refractivity contribution in [1.29, 1.82) is 0 Å². The lowest BCUT2D eigenvalue weighted by molar-refractivity contribution is -0.0407. The van der Waals surface area contributed by atoms with Crippen LogP contribution in [-0.2, 0) is 23.7 Å². The number of nitrogens with one attached hydrogen (secondary N) is 1. The average molecular weight is 495 g/mol. The molecule has 1 saturated heterocycles. The highest BCUT2D eigenvalue weighted by molar-refractivity contribution is 4.88. The van der Waals surface area contributed by atoms with Gasteiger partial charge in [0.2, 0.25) is 0 Å². The van der Waals surface area contributed by atoms with Crippen molar-refractivity contribution in [2.24, 2.45) is 0 Å². The van der Waals surface area contributed by atoms with Crippen molar-refractivity contribution in [2.75, 3.05) is 59.5 Å². The molecule has 1 saturated carbocycles. The fraction of sp³-hybridized carbons (Fsp3) is 0.846. The monoisotopic (exact) mass is 494 g/mol. The standard InChI is InChI=1S/C15H26O5.C11H20N4/c1-2-6-16-7-8-17-9-10-18-11-12-19-13-14-20-15-4-3-5-15;1-8-4-5-11(13-8)6-9(2)15-7-12-14-10(15)3/h1,15H,3-14H2;7-9,11,13H,4-6H2,1-3H3. The molecule has 0 spiro atoms. The maximum atomic E-state index is 5.57. The minimum Gasteiger partial charge on any atom is -0.377 e. The third-order valence-corrected chi connectivity index (χ3v) is 6.26. The van der Waals surface area contributed by atoms with Gasteiger partial charge >= 0.3 is 0 Å². The van der Waals surface area contributed by atoms with E-state index in [1.54, 1.807) is 0 Å². The van der Waals surface area contributed by atoms with Crippen molar-refractivity contribution >= 4 is 0 Å². The number of aryl methyl sites for hydroxylation is 1. The van der Waals surface area contributed by atoms with Crippen molar-refractivity contribution < 1.29 is 23.7 Å². The van der Waals surface area contributed by atoms with Crippen molar-refractivity contribution in [1.82, 2.24) is 20.1 Å². The Morgan fingerprint density at radius 1 is 1.00 bits per heavy atom. The summed E-state index contributed by atoms with van der Waals surface area (Å²) in [6.45, 7) is 11.5. The minimum absolute atomic E-state index is 0.335. The Hall–Kier alpha value is -1.54. The van der Waals surface area contributed by atoms with Gasteiger partial charge in [0.05, 0.1) is 59.0 Å². The summed E-state index contributed by atoms with van der Waals surface area (Å²) in [6.07, 6.45) is 14.8. The highest BCUT2D eigenvalue weighted by Gasteiger charge is 2.22. The van der Waals surface area contributed by atoms with Crippen LogP contribution in [0.25, 0.3) is 0 Å². The lowest BCUT2D eigenvalue weighted by Crippen LogP contribution is -2.29. The van der Waals surface area contributed by atoms with Gasteiger partial charge in [0.1, 0.15) is 18.8 Å². The van der Waals surface area contributed by atoms with Crippen molar-refractivity contribution in [2.45, 2.75) is 83.5 Å². The third kappa shape index (κ3) is 13.4. The Bertz CT molecular complexity index is 692. The largest absolute Gasteiger partial charge is 0.377 e. The van der Waals surface area contributed by atoms with Crippen LogP contribution in [0.15, 0.2) is 6.33 Å². The molecule has 35 heavy (non-hydrogen) atoms. The highest BCUT2D eigenvalue weighted by Crippen LogP contribution is 2.22. The van der Waals surface area contributed by atoms with E-state index in [1.165, 1.54) is 38.5 Å². The van der Waals surface area contributed by atoms with Crippen molar-refractivity contribution in [3.8, 4) is 12.3 Å². The fourth-order valence-corrected chi connectivity index (χ4v) is 4.07. The molecule has 2 aliphatic rings. The van der Waals surface area contributed by atoms with Gasteiger partial charge in [-0.1, -0.05) is 5.92 Å². The zero-order valence-electron chi connectivity index (χ0n) is 22.0. The third-order valence-electron chi connectivity index (χ3n) is 6.26. The van der Waals surface area contributed by atoms with Crippen molar-refractivity contribution in [3.63, 3.8) is 0 Å². The fourth-order valence-electron chi connectivity index (χ4n) is 4.07. The molecule has 200 valence electrons. The average Bonchev–Trinajstić information content (AvgIpc) is 3.43. The summed E-state index contributed by atoms with van der Waals surface area (Å²) < 4.78 is 28.8. The van der Waals surface area contributed by atoms with Gasteiger partial charge in [0.25, 0.3) is 0 Å². The first-order valence-corrected chi connectivity index (χ1v) is 13.1. The summed E-state index contributed by atoms with van der Waals surface area (Å²) in [5.74, 6) is 3.40. The topological polar surface area (TPSA) is 88.9 Å². The van der Waals surface area contributed by atoms with Gasteiger partial charge in [0, 0.05) is 18.1 Å². The first-order valence-electron chi connectivity index (χ1n) is 13.1. The van der Waals surface area contributed by atoms with Gasteiger partial charge in [-0.3, -0.25) is 0 Å². The van der Waals surface area contributed by atoms with Crippen LogP contribution in [0.4, 0.5) is 0 Å². The van der Waals surface area contributed by atoms with E-state index in [0.717, 1.165) is 5.82 Å². The molecular formula is C26H46N4O5. The number of rotatable bonds is 17. The molecule has 0 bridgehead atoms. The first-order chi connectivity index (χ1) is 17.1. The molecule has 3 rings (SSSR count). The molecule has 9 heteroatoms. The van der Waals surface area contributed by atoms with Crippen molar-refractivity contribution in [3.05, 3.63) is 12.2 Å². The van der Waals surface area contributed by atoms with Crippen LogP contribution in [0.1, 0.15) is 64.2 Å². The van der Waals surface area contributed by atoms with E-state index in [-0.39, 0.29) is 0 Å². The number of ether oxygens (including phenoxy) is 5. The Balaban J connectivity index is 0.000000256. The number of hydrogen-bond acceptors (Lipinski definition) is 8. The lowest BCUT2D eigenvalue weighted by atomic mass is 9.96. The van der Waals surface area contributed by atoms with Gasteiger partial charge in [-0.05, 0) is 59.3 Å². The molecule has 2 fully saturated rings. The Kier molecular flexibility index (Phi) is 15.9. The first kappa shape index (κ1) is 29.7. The molecule has 2 heterocycles. The highest BCUT2D eigenvalue weighted by atomic mass is 16.6. The number of terminal acetylenes is 1. The van der Waals surface area contributed by atoms with Crippen LogP contribution >= 0.6 is 0 Å². The second kappa shape index (κ2) is 18.7. The molecule has 0 amide bonds. The normalized spacial score (nSPS) is 20.6. The van der Waals surface area contributed by atoms with Gasteiger partial charge < -0.3 is 33.6 Å². The summed E-state index contributed by atoms with van der Waals surface area (Å²) >= 11 is 0. The number of hydrogen-bond donors (Lipinski definition) is 1. The summed E-state index contributed by atoms with van der Waals surface area (Å²) in [5.41, 5.74) is 0. The summed E-state index contributed by atoms with van der Waals surface area (Å²) in [7, 11) is 0. The van der Waals surface area contributed by atoms with Crippen LogP contribution in [0.3, 0.4) is 0 Å².